The number of nitrogens with one attached hydrogen (secondary N) is 1. The molecular formula is C12H13N3O. The molecular weight excluding hydrogens is 202 g/mol. The van der Waals surface area contributed by atoms with Crippen molar-refractivity contribution in [3.05, 3.63) is 36.4 Å². The highest BCUT2D eigenvalue weighted by Gasteiger charge is 2.25. The van der Waals surface area contributed by atoms with Gasteiger partial charge in [0, 0.05) is 38.1 Å². The van der Waals surface area contributed by atoms with Crippen LogP contribution in [0, 0.1) is 0 Å². The molecule has 0 spiro atoms. The summed E-state index contributed by atoms with van der Waals surface area (Å²) in [6.45, 7) is 1.55. The van der Waals surface area contributed by atoms with Gasteiger partial charge in [0.1, 0.15) is 5.78 Å². The van der Waals surface area contributed by atoms with E-state index in [4.69, 9.17) is 0 Å². The third-order valence-electron chi connectivity index (χ3n) is 3.16. The van der Waals surface area contributed by atoms with Crippen LogP contribution in [0.5, 0.6) is 0 Å². The van der Waals surface area contributed by atoms with Gasteiger partial charge < -0.3 is 9.72 Å². The van der Waals surface area contributed by atoms with E-state index in [2.05, 4.69) is 10.3 Å². The number of piperidine rings is 1. The maximum absolute atomic E-state index is 11.9. The van der Waals surface area contributed by atoms with E-state index in [-0.39, 0.29) is 5.92 Å². The predicted molar refractivity (Wildman–Crippen MR) is 60.4 cm³/mol. The molecule has 0 saturated carbocycles. The highest BCUT2D eigenvalue weighted by atomic mass is 16.1. The van der Waals surface area contributed by atoms with Gasteiger partial charge in [-0.15, -0.1) is 0 Å². The van der Waals surface area contributed by atoms with Crippen molar-refractivity contribution in [1.29, 1.82) is 0 Å². The quantitative estimate of drug-likeness (QED) is 0.771. The van der Waals surface area contributed by atoms with Crippen molar-refractivity contribution in [1.82, 2.24) is 14.7 Å². The number of nitrogens with zero attached hydrogens (tertiary/aromatic N) is 2. The lowest BCUT2D eigenvalue weighted by molar-refractivity contribution is -0.121. The van der Waals surface area contributed by atoms with E-state index in [0.29, 0.717) is 12.2 Å². The molecule has 1 fully saturated rings. The zero-order valence-electron chi connectivity index (χ0n) is 8.89. The van der Waals surface area contributed by atoms with E-state index in [9.17, 15) is 4.79 Å². The van der Waals surface area contributed by atoms with Crippen LogP contribution in [-0.4, -0.2) is 28.3 Å². The fourth-order valence-corrected chi connectivity index (χ4v) is 2.29. The van der Waals surface area contributed by atoms with Gasteiger partial charge in [-0.05, 0) is 11.6 Å². The van der Waals surface area contributed by atoms with E-state index in [1.807, 2.05) is 29.1 Å². The van der Waals surface area contributed by atoms with Gasteiger partial charge in [0.15, 0.2) is 0 Å². The van der Waals surface area contributed by atoms with Crippen LogP contribution < -0.4 is 5.32 Å². The number of rotatable bonds is 1. The summed E-state index contributed by atoms with van der Waals surface area (Å²) in [6, 6.07) is 2.02. The number of Topliss-reactive ketones (excluding diaryl/α,β-unsaturated/α-hetero) is 1. The van der Waals surface area contributed by atoms with Gasteiger partial charge in [0.25, 0.3) is 0 Å². The second-order valence-corrected chi connectivity index (χ2v) is 4.11. The summed E-state index contributed by atoms with van der Waals surface area (Å²) in [5.74, 6) is 0.318. The topological polar surface area (TPSA) is 46.4 Å². The maximum atomic E-state index is 11.9. The van der Waals surface area contributed by atoms with Crippen LogP contribution in [0.2, 0.25) is 0 Å². The molecule has 1 N–H and O–H groups in total. The van der Waals surface area contributed by atoms with Crippen LogP contribution in [0.4, 0.5) is 0 Å². The van der Waals surface area contributed by atoms with Gasteiger partial charge in [-0.25, -0.2) is 0 Å². The highest BCUT2D eigenvalue weighted by Crippen LogP contribution is 2.24. The number of carbonyl (C=O) groups is 1. The first-order chi connectivity index (χ1) is 7.86. The van der Waals surface area contributed by atoms with Crippen LogP contribution >= 0.6 is 0 Å². The van der Waals surface area contributed by atoms with Crippen molar-refractivity contribution < 1.29 is 4.79 Å². The first-order valence-electron chi connectivity index (χ1n) is 5.50. The molecule has 82 valence electrons. The summed E-state index contributed by atoms with van der Waals surface area (Å²) < 4.78 is 2.00. The van der Waals surface area contributed by atoms with E-state index < -0.39 is 0 Å². The zero-order chi connectivity index (χ0) is 11.0. The molecule has 3 heterocycles. The first-order valence-corrected chi connectivity index (χ1v) is 5.50. The molecule has 16 heavy (non-hydrogen) atoms. The minimum absolute atomic E-state index is 0.0112. The van der Waals surface area contributed by atoms with Crippen LogP contribution in [0.3, 0.4) is 0 Å². The second kappa shape index (κ2) is 3.72. The Morgan fingerprint density at radius 3 is 3.25 bits per heavy atom. The fourth-order valence-electron chi connectivity index (χ4n) is 2.29. The van der Waals surface area contributed by atoms with Crippen LogP contribution in [0.1, 0.15) is 17.9 Å². The summed E-state index contributed by atoms with van der Waals surface area (Å²) in [4.78, 5) is 16.0. The molecule has 1 unspecified atom stereocenters. The van der Waals surface area contributed by atoms with Crippen molar-refractivity contribution in [2.75, 3.05) is 13.1 Å². The summed E-state index contributed by atoms with van der Waals surface area (Å²) >= 11 is 0. The van der Waals surface area contributed by atoms with Crippen LogP contribution in [0.15, 0.2) is 30.9 Å². The van der Waals surface area contributed by atoms with E-state index in [1.165, 1.54) is 0 Å². The van der Waals surface area contributed by atoms with Gasteiger partial charge >= 0.3 is 0 Å². The Labute approximate surface area is 93.3 Å². The Hall–Kier alpha value is -1.68. The molecule has 1 saturated heterocycles. The van der Waals surface area contributed by atoms with E-state index >= 15 is 0 Å². The largest absolute Gasteiger partial charge is 0.321 e. The molecule has 0 amide bonds. The lowest BCUT2D eigenvalue weighted by Crippen LogP contribution is -2.35. The zero-order valence-corrected chi connectivity index (χ0v) is 8.89. The maximum Gasteiger partial charge on any atom is 0.142 e. The molecule has 0 aromatic carbocycles. The lowest BCUT2D eigenvalue weighted by Gasteiger charge is -2.21. The number of hydrogen-bond acceptors (Lipinski definition) is 3. The van der Waals surface area contributed by atoms with E-state index in [1.54, 1.807) is 6.20 Å². The molecule has 0 radical (unpaired) electrons. The average Bonchev–Trinajstić information content (AvgIpc) is 2.74. The third kappa shape index (κ3) is 1.42. The smallest absolute Gasteiger partial charge is 0.142 e. The second-order valence-electron chi connectivity index (χ2n) is 4.11. The van der Waals surface area contributed by atoms with Gasteiger partial charge in [-0.2, -0.15) is 0 Å². The summed E-state index contributed by atoms with van der Waals surface area (Å²) in [7, 11) is 0. The highest BCUT2D eigenvalue weighted by molar-refractivity contribution is 5.89. The molecule has 4 nitrogen and oxygen atoms in total. The molecule has 2 aromatic heterocycles. The summed E-state index contributed by atoms with van der Waals surface area (Å²) in [5, 5.41) is 3.27. The van der Waals surface area contributed by atoms with E-state index in [0.717, 1.165) is 24.2 Å². The Morgan fingerprint density at radius 1 is 1.44 bits per heavy atom. The van der Waals surface area contributed by atoms with Crippen LogP contribution in [-0.2, 0) is 4.79 Å². The SMILES string of the molecule is O=C1CCNCC1c1ccn2ccncc12. The number of ketones is 1. The van der Waals surface area contributed by atoms with Gasteiger partial charge in [0.2, 0.25) is 0 Å². The number of hydrogen-bond donors (Lipinski definition) is 1. The van der Waals surface area contributed by atoms with Crippen molar-refractivity contribution in [2.24, 2.45) is 0 Å². The molecule has 1 aliphatic heterocycles. The fraction of sp³-hybridized carbons (Fsp3) is 0.333. The lowest BCUT2D eigenvalue weighted by atomic mass is 9.91. The van der Waals surface area contributed by atoms with Gasteiger partial charge in [-0.3, -0.25) is 9.78 Å². The minimum Gasteiger partial charge on any atom is -0.321 e. The van der Waals surface area contributed by atoms with Gasteiger partial charge in [-0.1, -0.05) is 0 Å². The number of carbonyl (C=O) groups excluding carboxylic acids is 1. The normalized spacial score (nSPS) is 21.5. The Morgan fingerprint density at radius 2 is 2.38 bits per heavy atom. The molecule has 2 aromatic rings. The summed E-state index contributed by atoms with van der Waals surface area (Å²) in [5.41, 5.74) is 2.12. The number of aromatic nitrogens is 2. The molecule has 0 bridgehead atoms. The monoisotopic (exact) mass is 215 g/mol. The van der Waals surface area contributed by atoms with Crippen molar-refractivity contribution in [3.63, 3.8) is 0 Å². The Balaban J connectivity index is 2.08. The third-order valence-corrected chi connectivity index (χ3v) is 3.16. The average molecular weight is 215 g/mol. The minimum atomic E-state index is -0.0112. The summed E-state index contributed by atoms with van der Waals surface area (Å²) in [6.07, 6.45) is 8.07. The molecule has 4 heteroatoms. The van der Waals surface area contributed by atoms with Crippen LogP contribution in [0.25, 0.3) is 5.52 Å². The van der Waals surface area contributed by atoms with Crippen molar-refractivity contribution in [3.8, 4) is 0 Å². The van der Waals surface area contributed by atoms with Gasteiger partial charge in [0.05, 0.1) is 17.6 Å². The Bertz CT molecular complexity index is 532. The van der Waals surface area contributed by atoms with Crippen molar-refractivity contribution in [2.45, 2.75) is 12.3 Å². The molecule has 3 rings (SSSR count). The first kappa shape index (κ1) is 9.54. The molecule has 1 atom stereocenters. The molecule has 0 aliphatic carbocycles. The predicted octanol–water partition coefficient (Wildman–Crippen LogP) is 0.980. The number of fused-ring (bicyclic) bond motifs is 1. The standard InChI is InChI=1S/C12H13N3O/c16-12-1-3-13-7-10(12)9-2-5-15-6-4-14-8-11(9)15/h2,4-6,8,10,13H,1,3,7H2. The molecule has 1 aliphatic rings. The van der Waals surface area contributed by atoms with Crippen molar-refractivity contribution >= 4 is 11.3 Å². The Kier molecular flexibility index (Phi) is 2.22.